The minimum Gasteiger partial charge on any atom is -0.353 e. The van der Waals surface area contributed by atoms with E-state index in [1.807, 2.05) is 37.6 Å². The van der Waals surface area contributed by atoms with E-state index in [4.69, 9.17) is 4.98 Å². The average molecular weight is 348 g/mol. The number of aromatic nitrogens is 6. The number of fused-ring (bicyclic) bond motifs is 2. The van der Waals surface area contributed by atoms with Gasteiger partial charge in [-0.1, -0.05) is 6.07 Å². The van der Waals surface area contributed by atoms with Crippen molar-refractivity contribution in [1.82, 2.24) is 34.0 Å². The van der Waals surface area contributed by atoms with E-state index in [0.717, 1.165) is 60.9 Å². The van der Waals surface area contributed by atoms with Crippen LogP contribution in [-0.4, -0.2) is 60.2 Å². The molecular weight excluding hydrogens is 328 g/mol. The Hall–Kier alpha value is -3.00. The predicted octanol–water partition coefficient (Wildman–Crippen LogP) is 1.33. The lowest BCUT2D eigenvalue weighted by Crippen LogP contribution is -2.46. The third kappa shape index (κ3) is 2.59. The molecule has 4 aromatic rings. The van der Waals surface area contributed by atoms with E-state index in [-0.39, 0.29) is 0 Å². The Balaban J connectivity index is 1.29. The summed E-state index contributed by atoms with van der Waals surface area (Å²) in [5.41, 5.74) is 2.99. The van der Waals surface area contributed by atoms with Crippen molar-refractivity contribution in [3.8, 4) is 0 Å². The number of hydrogen-bond donors (Lipinski definition) is 0. The van der Waals surface area contributed by atoms with E-state index < -0.39 is 0 Å². The largest absolute Gasteiger partial charge is 0.353 e. The summed E-state index contributed by atoms with van der Waals surface area (Å²) < 4.78 is 3.87. The van der Waals surface area contributed by atoms with Crippen molar-refractivity contribution in [2.75, 3.05) is 31.1 Å². The van der Waals surface area contributed by atoms with Crippen LogP contribution in [0, 0.1) is 0 Å². The third-order valence-corrected chi connectivity index (χ3v) is 4.98. The van der Waals surface area contributed by atoms with Crippen LogP contribution in [0.5, 0.6) is 0 Å². The van der Waals surface area contributed by atoms with Crippen LogP contribution >= 0.6 is 0 Å². The summed E-state index contributed by atoms with van der Waals surface area (Å²) in [5, 5.41) is 5.33. The molecule has 0 aliphatic carbocycles. The SMILES string of the molecule is Cn1ncc2c(N3CCN(Cc4cn5ccccc5n4)CC3)ncnc21. The number of hydrogen-bond acceptors (Lipinski definition) is 6. The lowest BCUT2D eigenvalue weighted by Gasteiger charge is -2.35. The molecule has 0 radical (unpaired) electrons. The summed E-state index contributed by atoms with van der Waals surface area (Å²) in [6.07, 6.45) is 7.64. The highest BCUT2D eigenvalue weighted by atomic mass is 15.3. The summed E-state index contributed by atoms with van der Waals surface area (Å²) in [5.74, 6) is 0.982. The standard InChI is InChI=1S/C18H20N8/c1-23-17-15(10-21-23)18(20-13-19-17)25-8-6-24(7-9-25)11-14-12-26-5-3-2-4-16(26)22-14/h2-5,10,12-13H,6-9,11H2,1H3. The average Bonchev–Trinajstić information content (AvgIpc) is 3.25. The molecule has 8 heteroatoms. The molecule has 132 valence electrons. The molecule has 0 saturated carbocycles. The van der Waals surface area contributed by atoms with Gasteiger partial charge in [0.05, 0.1) is 17.3 Å². The van der Waals surface area contributed by atoms with Crippen molar-refractivity contribution >= 4 is 22.5 Å². The van der Waals surface area contributed by atoms with Gasteiger partial charge < -0.3 is 9.30 Å². The van der Waals surface area contributed by atoms with Crippen LogP contribution in [0.3, 0.4) is 0 Å². The highest BCUT2D eigenvalue weighted by Gasteiger charge is 2.21. The van der Waals surface area contributed by atoms with Crippen molar-refractivity contribution in [2.45, 2.75) is 6.54 Å². The number of aryl methyl sites for hydroxylation is 1. The summed E-state index contributed by atoms with van der Waals surface area (Å²) >= 11 is 0. The molecule has 0 atom stereocenters. The molecule has 5 heterocycles. The summed E-state index contributed by atoms with van der Waals surface area (Å²) in [7, 11) is 1.91. The quantitative estimate of drug-likeness (QED) is 0.556. The first-order valence-electron chi connectivity index (χ1n) is 8.80. The Kier molecular flexibility index (Phi) is 3.56. The Morgan fingerprint density at radius 3 is 2.81 bits per heavy atom. The minimum atomic E-state index is 0.877. The first-order chi connectivity index (χ1) is 12.8. The number of pyridine rings is 1. The molecule has 8 nitrogen and oxygen atoms in total. The summed E-state index contributed by atoms with van der Waals surface area (Å²) in [6, 6.07) is 6.08. The van der Waals surface area contributed by atoms with Crippen LogP contribution in [0.4, 0.5) is 5.82 Å². The zero-order chi connectivity index (χ0) is 17.5. The van der Waals surface area contributed by atoms with Crippen LogP contribution in [0.25, 0.3) is 16.7 Å². The van der Waals surface area contributed by atoms with Gasteiger partial charge in [0, 0.05) is 52.2 Å². The Morgan fingerprint density at radius 1 is 1.08 bits per heavy atom. The molecule has 26 heavy (non-hydrogen) atoms. The van der Waals surface area contributed by atoms with E-state index in [2.05, 4.69) is 35.5 Å². The maximum absolute atomic E-state index is 4.70. The smallest absolute Gasteiger partial charge is 0.163 e. The van der Waals surface area contributed by atoms with Gasteiger partial charge in [-0.05, 0) is 12.1 Å². The highest BCUT2D eigenvalue weighted by Crippen LogP contribution is 2.23. The second-order valence-corrected chi connectivity index (χ2v) is 6.66. The number of nitrogens with zero attached hydrogens (tertiary/aromatic N) is 8. The van der Waals surface area contributed by atoms with Crippen LogP contribution < -0.4 is 4.90 Å². The van der Waals surface area contributed by atoms with Crippen molar-refractivity contribution in [3.63, 3.8) is 0 Å². The van der Waals surface area contributed by atoms with Gasteiger partial charge in [0.2, 0.25) is 0 Å². The summed E-state index contributed by atoms with van der Waals surface area (Å²) in [6.45, 7) is 4.73. The van der Waals surface area contributed by atoms with Crippen molar-refractivity contribution in [1.29, 1.82) is 0 Å². The monoisotopic (exact) mass is 348 g/mol. The Bertz CT molecular complexity index is 1020. The van der Waals surface area contributed by atoms with Gasteiger partial charge in [-0.2, -0.15) is 5.10 Å². The molecule has 1 saturated heterocycles. The van der Waals surface area contributed by atoms with Gasteiger partial charge in [-0.3, -0.25) is 9.58 Å². The van der Waals surface area contributed by atoms with Gasteiger partial charge >= 0.3 is 0 Å². The van der Waals surface area contributed by atoms with Gasteiger partial charge in [-0.15, -0.1) is 0 Å². The van der Waals surface area contributed by atoms with E-state index in [9.17, 15) is 0 Å². The first-order valence-corrected chi connectivity index (χ1v) is 8.80. The number of imidazole rings is 1. The Labute approximate surface area is 150 Å². The lowest BCUT2D eigenvalue weighted by atomic mass is 10.2. The normalized spacial score (nSPS) is 16.0. The fourth-order valence-electron chi connectivity index (χ4n) is 3.61. The molecule has 0 unspecified atom stereocenters. The predicted molar refractivity (Wildman–Crippen MR) is 99.0 cm³/mol. The van der Waals surface area contributed by atoms with Crippen LogP contribution in [0.15, 0.2) is 43.1 Å². The molecule has 5 rings (SSSR count). The van der Waals surface area contributed by atoms with Crippen molar-refractivity contribution < 1.29 is 0 Å². The minimum absolute atomic E-state index is 0.877. The fourth-order valence-corrected chi connectivity index (χ4v) is 3.61. The fraction of sp³-hybridized carbons (Fsp3) is 0.333. The topological polar surface area (TPSA) is 67.4 Å². The van der Waals surface area contributed by atoms with Crippen LogP contribution in [0.1, 0.15) is 5.69 Å². The lowest BCUT2D eigenvalue weighted by molar-refractivity contribution is 0.247. The van der Waals surface area contributed by atoms with E-state index in [1.54, 1.807) is 11.0 Å². The van der Waals surface area contributed by atoms with E-state index in [0.29, 0.717) is 0 Å². The van der Waals surface area contributed by atoms with E-state index >= 15 is 0 Å². The number of piperazine rings is 1. The Morgan fingerprint density at radius 2 is 1.96 bits per heavy atom. The van der Waals surface area contributed by atoms with Gasteiger partial charge in [0.25, 0.3) is 0 Å². The first kappa shape index (κ1) is 15.3. The molecule has 4 aromatic heterocycles. The summed E-state index contributed by atoms with van der Waals surface area (Å²) in [4.78, 5) is 18.3. The molecule has 0 N–H and O–H groups in total. The van der Waals surface area contributed by atoms with Crippen molar-refractivity contribution in [3.05, 3.63) is 48.8 Å². The molecule has 0 bridgehead atoms. The second kappa shape index (κ2) is 6.06. The number of rotatable bonds is 3. The molecular formula is C18H20N8. The van der Waals surface area contributed by atoms with Crippen LogP contribution in [0.2, 0.25) is 0 Å². The van der Waals surface area contributed by atoms with Gasteiger partial charge in [-0.25, -0.2) is 15.0 Å². The maximum Gasteiger partial charge on any atom is 0.163 e. The van der Waals surface area contributed by atoms with E-state index in [1.165, 1.54) is 0 Å². The van der Waals surface area contributed by atoms with Crippen molar-refractivity contribution in [2.24, 2.45) is 7.05 Å². The molecule has 1 aliphatic rings. The highest BCUT2D eigenvalue weighted by molar-refractivity contribution is 5.86. The van der Waals surface area contributed by atoms with Gasteiger partial charge in [0.1, 0.15) is 17.8 Å². The third-order valence-electron chi connectivity index (χ3n) is 4.98. The number of anilines is 1. The molecule has 0 aromatic carbocycles. The molecule has 0 spiro atoms. The molecule has 1 fully saturated rings. The molecule has 1 aliphatic heterocycles. The zero-order valence-corrected chi connectivity index (χ0v) is 14.7. The van der Waals surface area contributed by atoms with Crippen LogP contribution in [-0.2, 0) is 13.6 Å². The van der Waals surface area contributed by atoms with Gasteiger partial charge in [0.15, 0.2) is 5.65 Å². The molecule has 0 amide bonds. The zero-order valence-electron chi connectivity index (χ0n) is 14.7. The maximum atomic E-state index is 4.70. The second-order valence-electron chi connectivity index (χ2n) is 6.66.